The summed E-state index contributed by atoms with van der Waals surface area (Å²) in [6.07, 6.45) is 7.19. The monoisotopic (exact) mass is 516 g/mol. The lowest BCUT2D eigenvalue weighted by Crippen LogP contribution is -2.34. The molecule has 3 N–H and O–H groups in total. The van der Waals surface area contributed by atoms with Crippen LogP contribution in [-0.4, -0.2) is 18.9 Å². The highest BCUT2D eigenvalue weighted by Crippen LogP contribution is 2.23. The second kappa shape index (κ2) is 12.9. The molecule has 37 heavy (non-hydrogen) atoms. The third-order valence-electron chi connectivity index (χ3n) is 5.82. The van der Waals surface area contributed by atoms with Crippen LogP contribution in [0.1, 0.15) is 76.6 Å². The van der Waals surface area contributed by atoms with Crippen molar-refractivity contribution in [3.63, 3.8) is 0 Å². The van der Waals surface area contributed by atoms with Gasteiger partial charge in [0, 0.05) is 35.2 Å². The van der Waals surface area contributed by atoms with E-state index in [4.69, 9.17) is 5.73 Å². The maximum absolute atomic E-state index is 12.2. The SMILES string of the molecule is C.C=Cc1cc2cc([C@@H](C)N)ccc2cn1.C=Cc1cc2cc([C@@H](C)N[S@](=O)C(C)(C)C)ccc2cn1. The Labute approximate surface area is 224 Å². The molecule has 0 radical (unpaired) electrons. The van der Waals surface area contributed by atoms with Gasteiger partial charge < -0.3 is 5.73 Å². The van der Waals surface area contributed by atoms with Crippen LogP contribution >= 0.6 is 0 Å². The molecule has 4 rings (SSSR count). The van der Waals surface area contributed by atoms with Crippen molar-refractivity contribution in [2.45, 2.75) is 58.9 Å². The van der Waals surface area contributed by atoms with Crippen LogP contribution in [0, 0.1) is 0 Å². The summed E-state index contributed by atoms with van der Waals surface area (Å²) in [6.45, 7) is 17.4. The number of benzene rings is 2. The summed E-state index contributed by atoms with van der Waals surface area (Å²) in [7, 11) is -1.09. The lowest BCUT2D eigenvalue weighted by molar-refractivity contribution is 0.616. The number of aromatic nitrogens is 2. The van der Waals surface area contributed by atoms with Crippen LogP contribution in [0.4, 0.5) is 0 Å². The smallest absolute Gasteiger partial charge is 0.0975 e. The number of hydrogen-bond donors (Lipinski definition) is 2. The number of nitrogens with two attached hydrogens (primary N) is 1. The predicted octanol–water partition coefficient (Wildman–Crippen LogP) is 7.52. The fourth-order valence-corrected chi connectivity index (χ4v) is 4.34. The van der Waals surface area contributed by atoms with Gasteiger partial charge >= 0.3 is 0 Å². The van der Waals surface area contributed by atoms with Crippen molar-refractivity contribution in [1.82, 2.24) is 14.7 Å². The van der Waals surface area contributed by atoms with E-state index in [2.05, 4.69) is 46.0 Å². The minimum atomic E-state index is -1.09. The summed E-state index contributed by atoms with van der Waals surface area (Å²) in [5, 5.41) is 4.50. The van der Waals surface area contributed by atoms with Gasteiger partial charge in [0.15, 0.2) is 0 Å². The molecule has 0 aliphatic heterocycles. The number of hydrogen-bond acceptors (Lipinski definition) is 4. The summed E-state index contributed by atoms with van der Waals surface area (Å²) < 4.78 is 15.1. The Morgan fingerprint density at radius 2 is 1.30 bits per heavy atom. The molecule has 5 nitrogen and oxygen atoms in total. The van der Waals surface area contributed by atoms with Crippen molar-refractivity contribution in [2.24, 2.45) is 5.73 Å². The standard InChI is InChI=1S/C17H22N2OS.C13H14N2.CH4/c1-6-16-10-15-9-13(7-8-14(15)11-18-16)12(2)19-21(20)17(3,4)5;1-3-13-7-12-6-10(9(2)14)4-5-11(12)8-15-13;/h6-12,19H,1H2,2-5H3;3-9H,1,14H2,2H3;1H4/t12-,21-;9-;/m11./s1. The molecule has 0 aliphatic rings. The Kier molecular flexibility index (Phi) is 10.4. The summed E-state index contributed by atoms with van der Waals surface area (Å²) in [5.74, 6) is 0. The molecule has 0 saturated heterocycles. The molecule has 6 heteroatoms. The highest BCUT2D eigenvalue weighted by atomic mass is 32.2. The zero-order chi connectivity index (χ0) is 26.5. The van der Waals surface area contributed by atoms with Crippen molar-refractivity contribution < 1.29 is 4.21 Å². The van der Waals surface area contributed by atoms with E-state index in [1.54, 1.807) is 12.2 Å². The molecule has 0 spiro atoms. The Hall–Kier alpha value is -3.19. The predicted molar refractivity (Wildman–Crippen MR) is 162 cm³/mol. The molecule has 0 saturated carbocycles. The molecule has 2 heterocycles. The van der Waals surface area contributed by atoms with E-state index in [0.717, 1.165) is 44.1 Å². The van der Waals surface area contributed by atoms with Gasteiger partial charge in [0.1, 0.15) is 0 Å². The molecule has 0 fully saturated rings. The molecular weight excluding hydrogens is 476 g/mol. The van der Waals surface area contributed by atoms with E-state index in [1.807, 2.05) is 77.3 Å². The second-order valence-corrected chi connectivity index (χ2v) is 11.8. The zero-order valence-corrected chi connectivity index (χ0v) is 22.6. The van der Waals surface area contributed by atoms with Crippen LogP contribution in [0.15, 0.2) is 74.1 Å². The van der Waals surface area contributed by atoms with Gasteiger partial charge in [-0.2, -0.15) is 0 Å². The molecule has 4 aromatic rings. The molecule has 0 bridgehead atoms. The molecule has 2 aromatic heterocycles. The average Bonchev–Trinajstić information content (AvgIpc) is 2.86. The molecule has 0 aliphatic carbocycles. The number of fused-ring (bicyclic) bond motifs is 2. The van der Waals surface area contributed by atoms with Gasteiger partial charge in [-0.1, -0.05) is 44.8 Å². The van der Waals surface area contributed by atoms with E-state index in [9.17, 15) is 4.21 Å². The normalized spacial score (nSPS) is 13.6. The fourth-order valence-electron chi connectivity index (χ4n) is 3.53. The Balaban J connectivity index is 0.000000266. The van der Waals surface area contributed by atoms with Crippen LogP contribution in [0.3, 0.4) is 0 Å². The molecule has 0 unspecified atom stereocenters. The van der Waals surface area contributed by atoms with Crippen molar-refractivity contribution in [2.75, 3.05) is 0 Å². The molecule has 0 amide bonds. The van der Waals surface area contributed by atoms with E-state index >= 15 is 0 Å². The fraction of sp³-hybridized carbons (Fsp3) is 0.290. The van der Waals surface area contributed by atoms with Crippen molar-refractivity contribution in [1.29, 1.82) is 0 Å². The first-order chi connectivity index (χ1) is 17.0. The summed E-state index contributed by atoms with van der Waals surface area (Å²) in [5.41, 5.74) is 9.85. The van der Waals surface area contributed by atoms with E-state index in [1.165, 1.54) is 0 Å². The minimum absolute atomic E-state index is 0. The first-order valence-corrected chi connectivity index (χ1v) is 13.1. The van der Waals surface area contributed by atoms with Gasteiger partial charge in [0.05, 0.1) is 27.1 Å². The molecule has 2 aromatic carbocycles. The molecule has 3 atom stereocenters. The zero-order valence-electron chi connectivity index (χ0n) is 21.8. The average molecular weight is 517 g/mol. The number of pyridine rings is 2. The van der Waals surface area contributed by atoms with Crippen molar-refractivity contribution in [3.05, 3.63) is 96.6 Å². The van der Waals surface area contributed by atoms with Gasteiger partial charge in [-0.3, -0.25) is 9.97 Å². The van der Waals surface area contributed by atoms with Gasteiger partial charge in [-0.25, -0.2) is 8.93 Å². The van der Waals surface area contributed by atoms with Crippen LogP contribution in [-0.2, 0) is 11.0 Å². The highest BCUT2D eigenvalue weighted by molar-refractivity contribution is 7.84. The van der Waals surface area contributed by atoms with Gasteiger partial charge in [-0.15, -0.1) is 0 Å². The number of rotatable bonds is 6. The lowest BCUT2D eigenvalue weighted by atomic mass is 10.0. The highest BCUT2D eigenvalue weighted by Gasteiger charge is 2.21. The van der Waals surface area contributed by atoms with Crippen LogP contribution in [0.2, 0.25) is 0 Å². The minimum Gasteiger partial charge on any atom is -0.324 e. The van der Waals surface area contributed by atoms with Crippen LogP contribution in [0.5, 0.6) is 0 Å². The largest absolute Gasteiger partial charge is 0.324 e. The third-order valence-corrected chi connectivity index (χ3v) is 7.50. The quantitative estimate of drug-likeness (QED) is 0.278. The summed E-state index contributed by atoms with van der Waals surface area (Å²) in [6, 6.07) is 16.5. The number of nitrogens with zero attached hydrogens (tertiary/aromatic N) is 2. The van der Waals surface area contributed by atoms with Crippen LogP contribution < -0.4 is 10.5 Å². The number of nitrogens with one attached hydrogen (secondary N) is 1. The van der Waals surface area contributed by atoms with E-state index < -0.39 is 11.0 Å². The Bertz CT molecular complexity index is 1410. The topological polar surface area (TPSA) is 80.9 Å². The van der Waals surface area contributed by atoms with Gasteiger partial charge in [0.25, 0.3) is 0 Å². The first kappa shape index (κ1) is 30.0. The maximum Gasteiger partial charge on any atom is 0.0975 e. The maximum atomic E-state index is 12.2. The first-order valence-electron chi connectivity index (χ1n) is 12.0. The van der Waals surface area contributed by atoms with E-state index in [0.29, 0.717) is 0 Å². The Morgan fingerprint density at radius 1 is 0.838 bits per heavy atom. The Morgan fingerprint density at radius 3 is 1.73 bits per heavy atom. The second-order valence-electron chi connectivity index (χ2n) is 9.85. The van der Waals surface area contributed by atoms with Gasteiger partial charge in [0.2, 0.25) is 0 Å². The van der Waals surface area contributed by atoms with Crippen LogP contribution in [0.25, 0.3) is 33.7 Å². The lowest BCUT2D eigenvalue weighted by Gasteiger charge is -2.22. The van der Waals surface area contributed by atoms with Crippen molar-refractivity contribution in [3.8, 4) is 0 Å². The molecule has 196 valence electrons. The van der Waals surface area contributed by atoms with E-state index in [-0.39, 0.29) is 24.3 Å². The molecular formula is C31H40N4OS. The summed E-state index contributed by atoms with van der Waals surface area (Å²) in [4.78, 5) is 8.55. The van der Waals surface area contributed by atoms with Gasteiger partial charge in [-0.05, 0) is 92.9 Å². The summed E-state index contributed by atoms with van der Waals surface area (Å²) >= 11 is 0. The third kappa shape index (κ3) is 7.89. The van der Waals surface area contributed by atoms with Crippen molar-refractivity contribution >= 4 is 44.7 Å².